The molecule has 0 saturated carbocycles. The number of rotatable bonds is 3. The zero-order chi connectivity index (χ0) is 15.1. The number of hydrogen-bond acceptors (Lipinski definition) is 5. The van der Waals surface area contributed by atoms with Gasteiger partial charge in [-0.3, -0.25) is 4.79 Å². The fourth-order valence-corrected chi connectivity index (χ4v) is 4.33. The van der Waals surface area contributed by atoms with Gasteiger partial charge in [0.25, 0.3) is 5.91 Å². The maximum Gasteiger partial charge on any atom is 0.263 e. The maximum atomic E-state index is 12.6. The van der Waals surface area contributed by atoms with Gasteiger partial charge in [-0.2, -0.15) is 4.37 Å². The zero-order valence-corrected chi connectivity index (χ0v) is 13.4. The molecule has 3 fully saturated rings. The van der Waals surface area contributed by atoms with E-state index < -0.39 is 0 Å². The molecule has 0 aliphatic carbocycles. The third-order valence-corrected chi connectivity index (χ3v) is 5.74. The summed E-state index contributed by atoms with van der Waals surface area (Å²) in [6, 6.07) is 5.95. The molecule has 1 amide bonds. The van der Waals surface area contributed by atoms with Crippen LogP contribution in [0.4, 0.5) is 0 Å². The molecule has 22 heavy (non-hydrogen) atoms. The van der Waals surface area contributed by atoms with Crippen LogP contribution < -0.4 is 10.1 Å². The molecule has 1 aromatic carbocycles. The Labute approximate surface area is 133 Å². The Kier molecular flexibility index (Phi) is 3.50. The molecule has 1 N–H and O–H groups in total. The predicted octanol–water partition coefficient (Wildman–Crippen LogP) is 2.13. The van der Waals surface area contributed by atoms with E-state index >= 15 is 0 Å². The highest BCUT2D eigenvalue weighted by Gasteiger charge is 2.35. The van der Waals surface area contributed by atoms with Crippen LogP contribution in [0.5, 0.6) is 5.75 Å². The molecule has 3 saturated heterocycles. The number of carbonyl (C=O) groups excluding carboxylic acids is 1. The van der Waals surface area contributed by atoms with Gasteiger partial charge in [0.1, 0.15) is 10.6 Å². The minimum atomic E-state index is 0.0106. The number of nitrogens with one attached hydrogen (secondary N) is 1. The lowest BCUT2D eigenvalue weighted by Crippen LogP contribution is -2.57. The van der Waals surface area contributed by atoms with Gasteiger partial charge < -0.3 is 15.0 Å². The van der Waals surface area contributed by atoms with Crippen LogP contribution in [0, 0.1) is 5.92 Å². The Bertz CT molecular complexity index is 706. The number of benzene rings is 1. The first-order valence-electron chi connectivity index (χ1n) is 7.71. The lowest BCUT2D eigenvalue weighted by atomic mass is 9.84. The molecule has 3 aliphatic heterocycles. The van der Waals surface area contributed by atoms with Crippen molar-refractivity contribution in [2.45, 2.75) is 18.9 Å². The van der Waals surface area contributed by atoms with Crippen molar-refractivity contribution in [1.82, 2.24) is 14.6 Å². The van der Waals surface area contributed by atoms with Crippen LogP contribution in [-0.4, -0.2) is 48.0 Å². The van der Waals surface area contributed by atoms with E-state index in [2.05, 4.69) is 14.6 Å². The van der Waals surface area contributed by atoms with E-state index in [1.807, 2.05) is 18.2 Å². The summed E-state index contributed by atoms with van der Waals surface area (Å²) in [6.07, 6.45) is 2.40. The number of aromatic nitrogens is 1. The standard InChI is InChI=1S/C16H19N3O2S/c1-21-11-2-3-12-13(8-11)18-22-15(12)16(20)17-14-9-19-6-4-10(14)5-7-19/h2-3,8,10,14H,4-7,9H2,1H3,(H,17,20)/t14-/m1/s1. The number of fused-ring (bicyclic) bond motifs is 4. The highest BCUT2D eigenvalue weighted by atomic mass is 32.1. The smallest absolute Gasteiger partial charge is 0.263 e. The lowest BCUT2D eigenvalue weighted by Gasteiger charge is -2.44. The SMILES string of the molecule is COc1ccc2c(C(=O)N[C@@H]3CN4CCC3CC4)snc2c1. The Morgan fingerprint density at radius 1 is 1.41 bits per heavy atom. The molecule has 5 rings (SSSR count). The van der Waals surface area contributed by atoms with E-state index in [0.29, 0.717) is 10.8 Å². The average Bonchev–Trinajstić information content (AvgIpc) is 2.99. The molecule has 4 heterocycles. The van der Waals surface area contributed by atoms with Gasteiger partial charge in [0.15, 0.2) is 0 Å². The number of carbonyl (C=O) groups is 1. The zero-order valence-electron chi connectivity index (χ0n) is 12.5. The predicted molar refractivity (Wildman–Crippen MR) is 86.6 cm³/mol. The van der Waals surface area contributed by atoms with Gasteiger partial charge in [0, 0.05) is 24.0 Å². The van der Waals surface area contributed by atoms with Gasteiger partial charge in [0.2, 0.25) is 0 Å². The Morgan fingerprint density at radius 2 is 2.23 bits per heavy atom. The third-order valence-electron chi connectivity index (χ3n) is 4.86. The molecule has 0 radical (unpaired) electrons. The third kappa shape index (κ3) is 2.36. The quantitative estimate of drug-likeness (QED) is 0.942. The van der Waals surface area contributed by atoms with Crippen molar-refractivity contribution in [2.24, 2.45) is 5.92 Å². The summed E-state index contributed by atoms with van der Waals surface area (Å²) >= 11 is 1.27. The molecule has 1 aromatic heterocycles. The van der Waals surface area contributed by atoms with E-state index in [9.17, 15) is 4.79 Å². The van der Waals surface area contributed by atoms with Gasteiger partial charge >= 0.3 is 0 Å². The molecule has 0 unspecified atom stereocenters. The summed E-state index contributed by atoms with van der Waals surface area (Å²) in [5.41, 5.74) is 0.823. The van der Waals surface area contributed by atoms with Crippen LogP contribution >= 0.6 is 11.5 Å². The first kappa shape index (κ1) is 14.0. The van der Waals surface area contributed by atoms with E-state index in [-0.39, 0.29) is 11.9 Å². The summed E-state index contributed by atoms with van der Waals surface area (Å²) in [5, 5.41) is 4.14. The van der Waals surface area contributed by atoms with E-state index in [4.69, 9.17) is 4.74 Å². The Balaban J connectivity index is 1.55. The highest BCUT2D eigenvalue weighted by molar-refractivity contribution is 7.09. The van der Waals surface area contributed by atoms with E-state index in [0.717, 1.165) is 23.2 Å². The number of ether oxygens (including phenoxy) is 1. The van der Waals surface area contributed by atoms with Crippen LogP contribution in [0.15, 0.2) is 18.2 Å². The van der Waals surface area contributed by atoms with Crippen molar-refractivity contribution >= 4 is 28.3 Å². The number of hydrogen-bond donors (Lipinski definition) is 1. The van der Waals surface area contributed by atoms with Gasteiger partial charge in [-0.25, -0.2) is 0 Å². The summed E-state index contributed by atoms with van der Waals surface area (Å²) in [7, 11) is 1.63. The fourth-order valence-electron chi connectivity index (χ4n) is 3.58. The highest BCUT2D eigenvalue weighted by Crippen LogP contribution is 2.29. The molecule has 116 valence electrons. The van der Waals surface area contributed by atoms with Crippen molar-refractivity contribution in [3.05, 3.63) is 23.1 Å². The van der Waals surface area contributed by atoms with Crippen molar-refractivity contribution in [2.75, 3.05) is 26.7 Å². The lowest BCUT2D eigenvalue weighted by molar-refractivity contribution is 0.0623. The molecular formula is C16H19N3O2S. The molecule has 6 heteroatoms. The normalized spacial score (nSPS) is 27.0. The molecule has 3 aliphatic rings. The van der Waals surface area contributed by atoms with Gasteiger partial charge in [-0.05, 0) is 55.5 Å². The average molecular weight is 317 g/mol. The number of nitrogens with zero attached hydrogens (tertiary/aromatic N) is 2. The second-order valence-electron chi connectivity index (χ2n) is 6.11. The minimum absolute atomic E-state index is 0.0106. The van der Waals surface area contributed by atoms with Crippen LogP contribution in [-0.2, 0) is 0 Å². The van der Waals surface area contributed by atoms with Crippen LogP contribution in [0.1, 0.15) is 22.5 Å². The maximum absolute atomic E-state index is 12.6. The molecule has 2 aromatic rings. The Hall–Kier alpha value is -1.66. The monoisotopic (exact) mass is 317 g/mol. The minimum Gasteiger partial charge on any atom is -0.497 e. The van der Waals surface area contributed by atoms with Crippen molar-refractivity contribution in [1.29, 1.82) is 0 Å². The molecule has 1 atom stereocenters. The van der Waals surface area contributed by atoms with Crippen LogP contribution in [0.25, 0.3) is 10.9 Å². The van der Waals surface area contributed by atoms with E-state index in [1.165, 1.54) is 37.5 Å². The molecule has 5 nitrogen and oxygen atoms in total. The van der Waals surface area contributed by atoms with Gasteiger partial charge in [-0.1, -0.05) is 0 Å². The number of methoxy groups -OCH3 is 1. The fraction of sp³-hybridized carbons (Fsp3) is 0.500. The first-order chi connectivity index (χ1) is 10.7. The second kappa shape index (κ2) is 5.52. The summed E-state index contributed by atoms with van der Waals surface area (Å²) in [6.45, 7) is 3.35. The van der Waals surface area contributed by atoms with E-state index in [1.54, 1.807) is 7.11 Å². The molecular weight excluding hydrogens is 298 g/mol. The summed E-state index contributed by atoms with van der Waals surface area (Å²) < 4.78 is 9.59. The second-order valence-corrected chi connectivity index (χ2v) is 6.89. The number of amides is 1. The summed E-state index contributed by atoms with van der Waals surface area (Å²) in [5.74, 6) is 1.41. The van der Waals surface area contributed by atoms with Crippen LogP contribution in [0.3, 0.4) is 0 Å². The van der Waals surface area contributed by atoms with Crippen molar-refractivity contribution in [3.63, 3.8) is 0 Å². The van der Waals surface area contributed by atoms with Crippen molar-refractivity contribution in [3.8, 4) is 5.75 Å². The van der Waals surface area contributed by atoms with Crippen LogP contribution in [0.2, 0.25) is 0 Å². The largest absolute Gasteiger partial charge is 0.497 e. The topological polar surface area (TPSA) is 54.5 Å². The summed E-state index contributed by atoms with van der Waals surface area (Å²) in [4.78, 5) is 15.8. The molecule has 0 spiro atoms. The first-order valence-corrected chi connectivity index (χ1v) is 8.48. The van der Waals surface area contributed by atoms with Gasteiger partial charge in [-0.15, -0.1) is 0 Å². The number of piperidine rings is 3. The van der Waals surface area contributed by atoms with Crippen molar-refractivity contribution < 1.29 is 9.53 Å². The van der Waals surface area contributed by atoms with Gasteiger partial charge in [0.05, 0.1) is 12.6 Å². The molecule has 2 bridgehead atoms. The Morgan fingerprint density at radius 3 is 2.91 bits per heavy atom.